The molecule has 1 amide bonds. The van der Waals surface area contributed by atoms with E-state index < -0.39 is 0 Å². The van der Waals surface area contributed by atoms with Crippen LogP contribution in [-0.2, 0) is 6.42 Å². The summed E-state index contributed by atoms with van der Waals surface area (Å²) < 4.78 is 0. The minimum absolute atomic E-state index is 0.0455. The predicted molar refractivity (Wildman–Crippen MR) is 110 cm³/mol. The molecular weight excluding hydrogens is 336 g/mol. The fourth-order valence-electron chi connectivity index (χ4n) is 3.26. The molecule has 1 heterocycles. The van der Waals surface area contributed by atoms with Crippen molar-refractivity contribution in [2.75, 3.05) is 25.0 Å². The zero-order chi connectivity index (χ0) is 18.9. The lowest BCUT2D eigenvalue weighted by Crippen LogP contribution is -2.32. The Balaban J connectivity index is 1.37. The predicted octanol–water partition coefficient (Wildman–Crippen LogP) is 3.88. The number of anilines is 1. The normalized spacial score (nSPS) is 13.4. The van der Waals surface area contributed by atoms with Crippen molar-refractivity contribution in [3.8, 4) is 0 Å². The SMILES string of the molecule is N=C(Nc1ccc(C(=O)NCCCCc2ccccc2)cc1)N1CCCC1. The summed E-state index contributed by atoms with van der Waals surface area (Å²) in [5.41, 5.74) is 2.83. The minimum Gasteiger partial charge on any atom is -0.352 e. The van der Waals surface area contributed by atoms with Crippen molar-refractivity contribution in [3.05, 3.63) is 65.7 Å². The van der Waals surface area contributed by atoms with E-state index in [-0.39, 0.29) is 5.91 Å². The number of unbranched alkanes of at least 4 members (excludes halogenated alkanes) is 1. The van der Waals surface area contributed by atoms with E-state index >= 15 is 0 Å². The second kappa shape index (κ2) is 9.76. The Kier molecular flexibility index (Phi) is 6.85. The van der Waals surface area contributed by atoms with E-state index in [2.05, 4.69) is 34.9 Å². The van der Waals surface area contributed by atoms with Gasteiger partial charge in [0.25, 0.3) is 5.91 Å². The monoisotopic (exact) mass is 364 g/mol. The van der Waals surface area contributed by atoms with E-state index in [1.54, 1.807) is 12.1 Å². The quantitative estimate of drug-likeness (QED) is 0.397. The first-order valence-electron chi connectivity index (χ1n) is 9.75. The molecule has 1 saturated heterocycles. The van der Waals surface area contributed by atoms with Gasteiger partial charge in [-0.1, -0.05) is 30.3 Å². The molecule has 142 valence electrons. The highest BCUT2D eigenvalue weighted by molar-refractivity contribution is 5.95. The molecule has 1 fully saturated rings. The Morgan fingerprint density at radius 1 is 0.963 bits per heavy atom. The van der Waals surface area contributed by atoms with Crippen molar-refractivity contribution in [2.45, 2.75) is 32.1 Å². The van der Waals surface area contributed by atoms with Crippen molar-refractivity contribution < 1.29 is 4.79 Å². The number of aryl methyl sites for hydroxylation is 1. The number of hydrogen-bond acceptors (Lipinski definition) is 2. The van der Waals surface area contributed by atoms with Gasteiger partial charge in [0.2, 0.25) is 0 Å². The smallest absolute Gasteiger partial charge is 0.251 e. The molecule has 0 unspecified atom stereocenters. The first-order chi connectivity index (χ1) is 13.2. The van der Waals surface area contributed by atoms with Crippen molar-refractivity contribution >= 4 is 17.6 Å². The van der Waals surface area contributed by atoms with E-state index in [0.717, 1.165) is 50.9 Å². The fraction of sp³-hybridized carbons (Fsp3) is 0.364. The van der Waals surface area contributed by atoms with Crippen LogP contribution >= 0.6 is 0 Å². The number of nitrogens with one attached hydrogen (secondary N) is 3. The molecular formula is C22H28N4O. The molecule has 0 aliphatic carbocycles. The number of benzene rings is 2. The van der Waals surface area contributed by atoms with Crippen molar-refractivity contribution in [2.24, 2.45) is 0 Å². The summed E-state index contributed by atoms with van der Waals surface area (Å²) in [6.45, 7) is 2.57. The standard InChI is InChI=1S/C22H28N4O/c23-22(26-16-6-7-17-26)25-20-13-11-19(12-14-20)21(27)24-15-5-4-10-18-8-2-1-3-9-18/h1-3,8-9,11-14H,4-7,10,15-17H2,(H2,23,25)(H,24,27). The molecule has 5 heteroatoms. The van der Waals surface area contributed by atoms with Crippen LogP contribution in [0.5, 0.6) is 0 Å². The molecule has 0 radical (unpaired) electrons. The van der Waals surface area contributed by atoms with Gasteiger partial charge in [0.15, 0.2) is 5.96 Å². The molecule has 0 saturated carbocycles. The number of carbonyl (C=O) groups is 1. The number of guanidine groups is 1. The van der Waals surface area contributed by atoms with Crippen LogP contribution in [-0.4, -0.2) is 36.4 Å². The zero-order valence-corrected chi connectivity index (χ0v) is 15.7. The number of rotatable bonds is 7. The van der Waals surface area contributed by atoms with Crippen LogP contribution in [0.3, 0.4) is 0 Å². The molecule has 0 atom stereocenters. The Bertz CT molecular complexity index is 737. The Hall–Kier alpha value is -2.82. The van der Waals surface area contributed by atoms with E-state index in [0.29, 0.717) is 18.1 Å². The highest BCUT2D eigenvalue weighted by Gasteiger charge is 2.14. The summed E-state index contributed by atoms with van der Waals surface area (Å²) in [5.74, 6) is 0.388. The van der Waals surface area contributed by atoms with Gasteiger partial charge in [-0.05, 0) is 61.9 Å². The number of amides is 1. The van der Waals surface area contributed by atoms with Crippen LogP contribution in [0.15, 0.2) is 54.6 Å². The number of hydrogen-bond donors (Lipinski definition) is 3. The molecule has 27 heavy (non-hydrogen) atoms. The van der Waals surface area contributed by atoms with E-state index in [9.17, 15) is 4.79 Å². The van der Waals surface area contributed by atoms with Gasteiger partial charge in [0.05, 0.1) is 0 Å². The van der Waals surface area contributed by atoms with Crippen molar-refractivity contribution in [3.63, 3.8) is 0 Å². The zero-order valence-electron chi connectivity index (χ0n) is 15.7. The molecule has 0 aromatic heterocycles. The molecule has 2 aromatic carbocycles. The van der Waals surface area contributed by atoms with Gasteiger partial charge in [0, 0.05) is 30.9 Å². The number of nitrogens with zero attached hydrogens (tertiary/aromatic N) is 1. The molecule has 3 N–H and O–H groups in total. The van der Waals surface area contributed by atoms with Crippen LogP contribution in [0.2, 0.25) is 0 Å². The van der Waals surface area contributed by atoms with Crippen LogP contribution in [0.4, 0.5) is 5.69 Å². The lowest BCUT2D eigenvalue weighted by atomic mass is 10.1. The molecule has 0 bridgehead atoms. The van der Waals surface area contributed by atoms with Crippen molar-refractivity contribution in [1.29, 1.82) is 5.41 Å². The van der Waals surface area contributed by atoms with Gasteiger partial charge < -0.3 is 15.5 Å². The number of likely N-dealkylation sites (tertiary alicyclic amines) is 1. The van der Waals surface area contributed by atoms with Gasteiger partial charge in [-0.15, -0.1) is 0 Å². The summed E-state index contributed by atoms with van der Waals surface area (Å²) >= 11 is 0. The van der Waals surface area contributed by atoms with Crippen LogP contribution < -0.4 is 10.6 Å². The molecule has 5 nitrogen and oxygen atoms in total. The Morgan fingerprint density at radius 2 is 1.67 bits per heavy atom. The van der Waals surface area contributed by atoms with Crippen LogP contribution in [0.1, 0.15) is 41.6 Å². The first kappa shape index (κ1) is 19.0. The van der Waals surface area contributed by atoms with Gasteiger partial charge in [-0.25, -0.2) is 0 Å². The lowest BCUT2D eigenvalue weighted by Gasteiger charge is -2.19. The minimum atomic E-state index is -0.0455. The Morgan fingerprint density at radius 3 is 2.37 bits per heavy atom. The third kappa shape index (κ3) is 5.84. The molecule has 2 aromatic rings. The summed E-state index contributed by atoms with van der Waals surface area (Å²) in [6.07, 6.45) is 5.36. The maximum absolute atomic E-state index is 12.2. The van der Waals surface area contributed by atoms with Gasteiger partial charge in [-0.3, -0.25) is 10.2 Å². The average molecular weight is 364 g/mol. The number of carbonyl (C=O) groups excluding carboxylic acids is 1. The first-order valence-corrected chi connectivity index (χ1v) is 9.75. The van der Waals surface area contributed by atoms with Crippen molar-refractivity contribution in [1.82, 2.24) is 10.2 Å². The molecule has 3 rings (SSSR count). The highest BCUT2D eigenvalue weighted by Crippen LogP contribution is 2.13. The topological polar surface area (TPSA) is 68.2 Å². The summed E-state index contributed by atoms with van der Waals surface area (Å²) in [5, 5.41) is 14.2. The largest absolute Gasteiger partial charge is 0.352 e. The van der Waals surface area contributed by atoms with Gasteiger partial charge >= 0.3 is 0 Å². The second-order valence-electron chi connectivity index (χ2n) is 6.94. The van der Waals surface area contributed by atoms with E-state index in [4.69, 9.17) is 5.41 Å². The summed E-state index contributed by atoms with van der Waals surface area (Å²) in [6, 6.07) is 17.7. The van der Waals surface area contributed by atoms with Crippen LogP contribution in [0, 0.1) is 5.41 Å². The molecule has 1 aliphatic heterocycles. The summed E-state index contributed by atoms with van der Waals surface area (Å²) in [7, 11) is 0. The lowest BCUT2D eigenvalue weighted by molar-refractivity contribution is 0.0953. The molecule has 0 spiro atoms. The third-order valence-corrected chi connectivity index (χ3v) is 4.85. The van der Waals surface area contributed by atoms with Gasteiger partial charge in [0.1, 0.15) is 0 Å². The molecule has 1 aliphatic rings. The summed E-state index contributed by atoms with van der Waals surface area (Å²) in [4.78, 5) is 14.3. The second-order valence-corrected chi connectivity index (χ2v) is 6.94. The van der Waals surface area contributed by atoms with Gasteiger partial charge in [-0.2, -0.15) is 0 Å². The third-order valence-electron chi connectivity index (χ3n) is 4.85. The maximum Gasteiger partial charge on any atom is 0.251 e. The maximum atomic E-state index is 12.2. The van der Waals surface area contributed by atoms with E-state index in [1.807, 2.05) is 23.1 Å². The highest BCUT2D eigenvalue weighted by atomic mass is 16.1. The fourth-order valence-corrected chi connectivity index (χ4v) is 3.26. The Labute approximate surface area is 161 Å². The van der Waals surface area contributed by atoms with Crippen LogP contribution in [0.25, 0.3) is 0 Å². The average Bonchev–Trinajstić information content (AvgIpc) is 3.24. The van der Waals surface area contributed by atoms with E-state index in [1.165, 1.54) is 5.56 Å².